The summed E-state index contributed by atoms with van der Waals surface area (Å²) in [6.45, 7) is 7.81. The van der Waals surface area contributed by atoms with Crippen LogP contribution in [0.2, 0.25) is 0 Å². The van der Waals surface area contributed by atoms with Crippen LogP contribution in [-0.4, -0.2) is 19.6 Å². The molecule has 1 rings (SSSR count). The molecule has 5 heteroatoms. The maximum Gasteiger partial charge on any atom is 0.240 e. The predicted molar refractivity (Wildman–Crippen MR) is 81.0 cm³/mol. The lowest BCUT2D eigenvalue weighted by Crippen LogP contribution is -2.32. The lowest BCUT2D eigenvalue weighted by Gasteiger charge is -2.16. The first-order valence-electron chi connectivity index (χ1n) is 6.99. The van der Waals surface area contributed by atoms with Crippen LogP contribution >= 0.6 is 0 Å². The van der Waals surface area contributed by atoms with E-state index in [-0.39, 0.29) is 17.5 Å². The third kappa shape index (κ3) is 4.89. The Hall–Kier alpha value is -0.910. The molecule has 0 aromatic heterocycles. The molecule has 0 aliphatic heterocycles. The Kier molecular flexibility index (Phi) is 6.17. The third-order valence-electron chi connectivity index (χ3n) is 3.33. The molecule has 0 bridgehead atoms. The number of hydrogen-bond donors (Lipinski definition) is 2. The van der Waals surface area contributed by atoms with Crippen molar-refractivity contribution >= 4 is 10.0 Å². The number of rotatable bonds is 7. The van der Waals surface area contributed by atoms with Gasteiger partial charge in [-0.15, -0.1) is 0 Å². The molecule has 0 fully saturated rings. The van der Waals surface area contributed by atoms with Gasteiger partial charge >= 0.3 is 0 Å². The predicted octanol–water partition coefficient (Wildman–Crippen LogP) is 2.59. The SMILES string of the molecule is Cc1ccc(S(=O)(=O)NC(C)CCC(C)C)cc1CO. The van der Waals surface area contributed by atoms with Gasteiger partial charge in [0.25, 0.3) is 0 Å². The average Bonchev–Trinajstić information content (AvgIpc) is 2.36. The highest BCUT2D eigenvalue weighted by atomic mass is 32.2. The zero-order chi connectivity index (χ0) is 15.3. The van der Waals surface area contributed by atoms with E-state index in [2.05, 4.69) is 18.6 Å². The van der Waals surface area contributed by atoms with Crippen molar-refractivity contribution in [2.45, 2.75) is 58.1 Å². The van der Waals surface area contributed by atoms with Crippen LogP contribution < -0.4 is 4.72 Å². The largest absolute Gasteiger partial charge is 0.392 e. The molecule has 4 nitrogen and oxygen atoms in total. The Morgan fingerprint density at radius 1 is 1.20 bits per heavy atom. The van der Waals surface area contributed by atoms with Gasteiger partial charge in [-0.25, -0.2) is 13.1 Å². The zero-order valence-corrected chi connectivity index (χ0v) is 13.5. The van der Waals surface area contributed by atoms with Crippen molar-refractivity contribution in [1.29, 1.82) is 0 Å². The quantitative estimate of drug-likeness (QED) is 0.813. The highest BCUT2D eigenvalue weighted by Gasteiger charge is 2.18. The molecule has 0 aliphatic carbocycles. The van der Waals surface area contributed by atoms with Crippen molar-refractivity contribution in [2.75, 3.05) is 0 Å². The second-order valence-electron chi connectivity index (χ2n) is 5.74. The van der Waals surface area contributed by atoms with Crippen LogP contribution in [0, 0.1) is 12.8 Å². The molecule has 0 heterocycles. The summed E-state index contributed by atoms with van der Waals surface area (Å²) in [5.41, 5.74) is 1.53. The molecule has 1 aromatic carbocycles. The number of sulfonamides is 1. The first kappa shape index (κ1) is 17.1. The van der Waals surface area contributed by atoms with Gasteiger partial charge in [0.05, 0.1) is 11.5 Å². The lowest BCUT2D eigenvalue weighted by atomic mass is 10.1. The monoisotopic (exact) mass is 299 g/mol. The molecular weight excluding hydrogens is 274 g/mol. The van der Waals surface area contributed by atoms with E-state index in [0.717, 1.165) is 18.4 Å². The van der Waals surface area contributed by atoms with Gasteiger partial charge in [0.2, 0.25) is 10.0 Å². The van der Waals surface area contributed by atoms with Gasteiger partial charge in [0.15, 0.2) is 0 Å². The van der Waals surface area contributed by atoms with Gasteiger partial charge in [-0.3, -0.25) is 0 Å². The molecule has 1 unspecified atom stereocenters. The summed E-state index contributed by atoms with van der Waals surface area (Å²) in [4.78, 5) is 0.212. The number of nitrogens with one attached hydrogen (secondary N) is 1. The lowest BCUT2D eigenvalue weighted by molar-refractivity contribution is 0.280. The molecule has 0 radical (unpaired) electrons. The van der Waals surface area contributed by atoms with E-state index < -0.39 is 10.0 Å². The van der Waals surface area contributed by atoms with Gasteiger partial charge in [0.1, 0.15) is 0 Å². The number of aliphatic hydroxyl groups excluding tert-OH is 1. The fraction of sp³-hybridized carbons (Fsp3) is 0.600. The standard InChI is InChI=1S/C15H25NO3S/c1-11(2)5-7-13(4)16-20(18,19)15-8-6-12(3)14(9-15)10-17/h6,8-9,11,13,16-17H,5,7,10H2,1-4H3. The molecule has 0 saturated heterocycles. The summed E-state index contributed by atoms with van der Waals surface area (Å²) < 4.78 is 27.2. The Balaban J connectivity index is 2.83. The molecule has 1 aromatic rings. The van der Waals surface area contributed by atoms with Crippen LogP contribution in [-0.2, 0) is 16.6 Å². The molecule has 114 valence electrons. The van der Waals surface area contributed by atoms with Crippen LogP contribution in [0.5, 0.6) is 0 Å². The average molecular weight is 299 g/mol. The van der Waals surface area contributed by atoms with E-state index in [1.165, 1.54) is 6.07 Å². The van der Waals surface area contributed by atoms with Crippen LogP contribution in [0.3, 0.4) is 0 Å². The minimum absolute atomic E-state index is 0.0960. The fourth-order valence-electron chi connectivity index (χ4n) is 1.96. The Labute approximate surface area is 122 Å². The zero-order valence-electron chi connectivity index (χ0n) is 12.7. The van der Waals surface area contributed by atoms with Gasteiger partial charge in [-0.2, -0.15) is 0 Å². The van der Waals surface area contributed by atoms with Gasteiger partial charge in [0, 0.05) is 6.04 Å². The smallest absolute Gasteiger partial charge is 0.240 e. The van der Waals surface area contributed by atoms with E-state index in [4.69, 9.17) is 0 Å². The summed E-state index contributed by atoms with van der Waals surface area (Å²) in [6.07, 6.45) is 1.80. The van der Waals surface area contributed by atoms with E-state index >= 15 is 0 Å². The van der Waals surface area contributed by atoms with E-state index in [0.29, 0.717) is 11.5 Å². The van der Waals surface area contributed by atoms with Gasteiger partial charge in [-0.1, -0.05) is 19.9 Å². The van der Waals surface area contributed by atoms with Crippen molar-refractivity contribution in [3.05, 3.63) is 29.3 Å². The molecule has 0 spiro atoms. The van der Waals surface area contributed by atoms with Crippen molar-refractivity contribution in [2.24, 2.45) is 5.92 Å². The molecular formula is C15H25NO3S. The van der Waals surface area contributed by atoms with Gasteiger partial charge < -0.3 is 5.11 Å². The minimum atomic E-state index is -3.52. The Morgan fingerprint density at radius 3 is 2.40 bits per heavy atom. The first-order chi connectivity index (χ1) is 9.26. The second-order valence-corrected chi connectivity index (χ2v) is 7.45. The number of benzene rings is 1. The Morgan fingerprint density at radius 2 is 1.85 bits per heavy atom. The van der Waals surface area contributed by atoms with E-state index in [1.807, 2.05) is 13.8 Å². The van der Waals surface area contributed by atoms with E-state index in [9.17, 15) is 13.5 Å². The van der Waals surface area contributed by atoms with Crippen LogP contribution in [0.15, 0.2) is 23.1 Å². The normalized spacial score (nSPS) is 13.7. The summed E-state index contributed by atoms with van der Waals surface area (Å²) in [6, 6.07) is 4.74. The highest BCUT2D eigenvalue weighted by molar-refractivity contribution is 7.89. The summed E-state index contributed by atoms with van der Waals surface area (Å²) in [5, 5.41) is 9.22. The number of hydrogen-bond acceptors (Lipinski definition) is 3. The topological polar surface area (TPSA) is 66.4 Å². The van der Waals surface area contributed by atoms with Crippen LogP contribution in [0.4, 0.5) is 0 Å². The molecule has 20 heavy (non-hydrogen) atoms. The van der Waals surface area contributed by atoms with E-state index in [1.54, 1.807) is 12.1 Å². The second kappa shape index (κ2) is 7.20. The fourth-order valence-corrected chi connectivity index (χ4v) is 3.29. The van der Waals surface area contributed by atoms with Crippen molar-refractivity contribution < 1.29 is 13.5 Å². The van der Waals surface area contributed by atoms with Gasteiger partial charge in [-0.05, 0) is 55.9 Å². The number of aryl methyl sites for hydroxylation is 1. The maximum atomic E-state index is 12.3. The number of aliphatic hydroxyl groups is 1. The summed E-state index contributed by atoms with van der Waals surface area (Å²) >= 11 is 0. The van der Waals surface area contributed by atoms with Crippen molar-refractivity contribution in [1.82, 2.24) is 4.72 Å². The first-order valence-corrected chi connectivity index (χ1v) is 8.47. The molecule has 0 aliphatic rings. The van der Waals surface area contributed by atoms with Crippen LogP contribution in [0.25, 0.3) is 0 Å². The van der Waals surface area contributed by atoms with Crippen LogP contribution in [0.1, 0.15) is 44.7 Å². The molecule has 0 saturated carbocycles. The Bertz CT molecular complexity index is 538. The maximum absolute atomic E-state index is 12.3. The van der Waals surface area contributed by atoms with Crippen molar-refractivity contribution in [3.63, 3.8) is 0 Å². The van der Waals surface area contributed by atoms with Crippen molar-refractivity contribution in [3.8, 4) is 0 Å². The third-order valence-corrected chi connectivity index (χ3v) is 4.92. The molecule has 1 atom stereocenters. The molecule has 2 N–H and O–H groups in total. The summed E-state index contributed by atoms with van der Waals surface area (Å²) in [5.74, 6) is 0.558. The minimum Gasteiger partial charge on any atom is -0.392 e. The summed E-state index contributed by atoms with van der Waals surface area (Å²) in [7, 11) is -3.52. The highest BCUT2D eigenvalue weighted by Crippen LogP contribution is 2.17. The molecule has 0 amide bonds.